The van der Waals surface area contributed by atoms with Crippen LogP contribution < -0.4 is 22.1 Å². The minimum absolute atomic E-state index is 0.117. The van der Waals surface area contributed by atoms with Gasteiger partial charge in [-0.3, -0.25) is 19.5 Å². The molecule has 2 amide bonds. The standard InChI is InChI=1S/C22H26N8O3/c1-13(19(23)31)26-22-25-11-17(20(24)32)21(29-22)28-15-4-5-18-14(10-15)2-3-16(27-18)12-30-6-8-33-9-7-30/h2-5,10-11,13H,6-9,12H2,1H3,(H2,23,31)(H2,24,32)(H2,25,26,28,29). The number of amides is 2. The number of nitrogens with one attached hydrogen (secondary N) is 2. The minimum atomic E-state index is -0.685. The van der Waals surface area contributed by atoms with Crippen LogP contribution in [0.1, 0.15) is 23.0 Å². The van der Waals surface area contributed by atoms with Gasteiger partial charge in [0, 0.05) is 36.9 Å². The summed E-state index contributed by atoms with van der Waals surface area (Å²) in [4.78, 5) is 38.6. The van der Waals surface area contributed by atoms with E-state index < -0.39 is 17.9 Å². The van der Waals surface area contributed by atoms with Crippen molar-refractivity contribution in [3.63, 3.8) is 0 Å². The van der Waals surface area contributed by atoms with E-state index in [4.69, 9.17) is 21.2 Å². The summed E-state index contributed by atoms with van der Waals surface area (Å²) in [6.45, 7) is 5.67. The maximum Gasteiger partial charge on any atom is 0.254 e. The number of carbonyl (C=O) groups excluding carboxylic acids is 2. The number of aromatic nitrogens is 3. The summed E-state index contributed by atoms with van der Waals surface area (Å²) in [5, 5.41) is 6.83. The zero-order valence-corrected chi connectivity index (χ0v) is 18.2. The van der Waals surface area contributed by atoms with Crippen molar-refractivity contribution in [2.75, 3.05) is 36.9 Å². The monoisotopic (exact) mass is 450 g/mol. The Morgan fingerprint density at radius 1 is 1.15 bits per heavy atom. The third kappa shape index (κ3) is 5.51. The number of carbonyl (C=O) groups is 2. The molecule has 0 aliphatic carbocycles. The number of nitrogens with two attached hydrogens (primary N) is 2. The molecule has 172 valence electrons. The Bertz CT molecular complexity index is 1180. The average molecular weight is 451 g/mol. The third-order valence-corrected chi connectivity index (χ3v) is 5.33. The number of hydrogen-bond donors (Lipinski definition) is 4. The van der Waals surface area contributed by atoms with E-state index in [9.17, 15) is 9.59 Å². The number of morpholine rings is 1. The summed E-state index contributed by atoms with van der Waals surface area (Å²) in [6.07, 6.45) is 1.30. The van der Waals surface area contributed by atoms with Crippen molar-refractivity contribution >= 4 is 40.2 Å². The van der Waals surface area contributed by atoms with Gasteiger partial charge in [0.2, 0.25) is 11.9 Å². The number of ether oxygens (including phenoxy) is 1. The van der Waals surface area contributed by atoms with Gasteiger partial charge in [0.25, 0.3) is 5.91 Å². The number of anilines is 3. The molecule has 1 fully saturated rings. The molecule has 33 heavy (non-hydrogen) atoms. The Labute approximate surface area is 190 Å². The molecule has 0 spiro atoms. The molecule has 2 aromatic heterocycles. The molecule has 4 rings (SSSR count). The lowest BCUT2D eigenvalue weighted by Gasteiger charge is -2.26. The van der Waals surface area contributed by atoms with Crippen LogP contribution in [0, 0.1) is 0 Å². The van der Waals surface area contributed by atoms with Crippen LogP contribution in [0.25, 0.3) is 10.9 Å². The maximum absolute atomic E-state index is 11.9. The first-order chi connectivity index (χ1) is 15.9. The van der Waals surface area contributed by atoms with E-state index in [0.717, 1.165) is 49.4 Å². The van der Waals surface area contributed by atoms with Gasteiger partial charge in [-0.25, -0.2) is 4.98 Å². The lowest BCUT2D eigenvalue weighted by molar-refractivity contribution is -0.118. The number of nitrogens with zero attached hydrogens (tertiary/aromatic N) is 4. The van der Waals surface area contributed by atoms with Crippen LogP contribution >= 0.6 is 0 Å². The Kier molecular flexibility index (Phi) is 6.61. The Morgan fingerprint density at radius 3 is 2.67 bits per heavy atom. The number of fused-ring (bicyclic) bond motifs is 1. The normalized spacial score (nSPS) is 15.2. The van der Waals surface area contributed by atoms with Crippen LogP contribution in [0.15, 0.2) is 36.5 Å². The van der Waals surface area contributed by atoms with Crippen molar-refractivity contribution in [3.8, 4) is 0 Å². The maximum atomic E-state index is 11.9. The molecule has 1 aliphatic rings. The summed E-state index contributed by atoms with van der Waals surface area (Å²) in [5.74, 6) is -0.874. The SMILES string of the molecule is CC(Nc1ncc(C(N)=O)c(Nc2ccc3nc(CN4CCOCC4)ccc3c2)n1)C(N)=O. The highest BCUT2D eigenvalue weighted by atomic mass is 16.5. The van der Waals surface area contributed by atoms with Crippen molar-refractivity contribution in [2.45, 2.75) is 19.5 Å². The zero-order valence-electron chi connectivity index (χ0n) is 18.2. The van der Waals surface area contributed by atoms with Crippen molar-refractivity contribution in [2.24, 2.45) is 11.5 Å². The average Bonchev–Trinajstić information content (AvgIpc) is 2.79. The van der Waals surface area contributed by atoms with E-state index in [1.165, 1.54) is 6.20 Å². The molecule has 1 unspecified atom stereocenters. The molecule has 0 bridgehead atoms. The molecular weight excluding hydrogens is 424 g/mol. The van der Waals surface area contributed by atoms with Crippen LogP contribution in [-0.4, -0.2) is 64.0 Å². The number of rotatable bonds is 8. The van der Waals surface area contributed by atoms with E-state index in [0.29, 0.717) is 5.69 Å². The lowest BCUT2D eigenvalue weighted by atomic mass is 10.1. The predicted octanol–water partition coefficient (Wildman–Crippen LogP) is 0.985. The fourth-order valence-corrected chi connectivity index (χ4v) is 3.45. The first-order valence-electron chi connectivity index (χ1n) is 10.6. The Balaban J connectivity index is 1.55. The quantitative estimate of drug-likeness (QED) is 0.392. The van der Waals surface area contributed by atoms with E-state index in [2.05, 4.69) is 25.5 Å². The van der Waals surface area contributed by atoms with Crippen molar-refractivity contribution in [1.82, 2.24) is 19.9 Å². The molecule has 6 N–H and O–H groups in total. The molecule has 3 aromatic rings. The van der Waals surface area contributed by atoms with Gasteiger partial charge in [-0.05, 0) is 31.2 Å². The molecule has 0 saturated carbocycles. The smallest absolute Gasteiger partial charge is 0.254 e. The van der Waals surface area contributed by atoms with Crippen LogP contribution in [0.4, 0.5) is 17.5 Å². The highest BCUT2D eigenvalue weighted by molar-refractivity contribution is 5.98. The summed E-state index contributed by atoms with van der Waals surface area (Å²) in [7, 11) is 0. The highest BCUT2D eigenvalue weighted by Crippen LogP contribution is 2.24. The first-order valence-corrected chi connectivity index (χ1v) is 10.6. The van der Waals surface area contributed by atoms with Gasteiger partial charge in [-0.15, -0.1) is 0 Å². The molecule has 0 radical (unpaired) electrons. The second-order valence-electron chi connectivity index (χ2n) is 7.81. The van der Waals surface area contributed by atoms with Gasteiger partial charge in [0.05, 0.1) is 24.4 Å². The van der Waals surface area contributed by atoms with Crippen molar-refractivity contribution in [1.29, 1.82) is 0 Å². The van der Waals surface area contributed by atoms with Crippen LogP contribution in [0.2, 0.25) is 0 Å². The molecular formula is C22H26N8O3. The van der Waals surface area contributed by atoms with Gasteiger partial charge in [0.15, 0.2) is 0 Å². The second kappa shape index (κ2) is 9.76. The first kappa shape index (κ1) is 22.4. The van der Waals surface area contributed by atoms with Crippen molar-refractivity contribution < 1.29 is 14.3 Å². The number of primary amides is 2. The van der Waals surface area contributed by atoms with Crippen LogP contribution in [0.3, 0.4) is 0 Å². The van der Waals surface area contributed by atoms with Gasteiger partial charge < -0.3 is 26.8 Å². The molecule has 3 heterocycles. The molecule has 11 heteroatoms. The van der Waals surface area contributed by atoms with Gasteiger partial charge in [0.1, 0.15) is 17.4 Å². The number of benzene rings is 1. The van der Waals surface area contributed by atoms with E-state index in [-0.39, 0.29) is 17.3 Å². The summed E-state index contributed by atoms with van der Waals surface area (Å²) >= 11 is 0. The third-order valence-electron chi connectivity index (χ3n) is 5.33. The molecule has 1 aliphatic heterocycles. The van der Waals surface area contributed by atoms with Gasteiger partial charge in [-0.2, -0.15) is 4.98 Å². The van der Waals surface area contributed by atoms with Crippen molar-refractivity contribution in [3.05, 3.63) is 47.8 Å². The number of pyridine rings is 1. The fraction of sp³-hybridized carbons (Fsp3) is 0.318. The van der Waals surface area contributed by atoms with E-state index in [1.807, 2.05) is 30.3 Å². The summed E-state index contributed by atoms with van der Waals surface area (Å²) in [6, 6.07) is 9.00. The van der Waals surface area contributed by atoms with E-state index in [1.54, 1.807) is 6.92 Å². The second-order valence-corrected chi connectivity index (χ2v) is 7.81. The van der Waals surface area contributed by atoms with Gasteiger partial charge in [-0.1, -0.05) is 6.07 Å². The molecule has 11 nitrogen and oxygen atoms in total. The lowest BCUT2D eigenvalue weighted by Crippen LogP contribution is -2.35. The summed E-state index contributed by atoms with van der Waals surface area (Å²) in [5.41, 5.74) is 13.4. The van der Waals surface area contributed by atoms with Crippen LogP contribution in [0.5, 0.6) is 0 Å². The number of hydrogen-bond acceptors (Lipinski definition) is 9. The largest absolute Gasteiger partial charge is 0.379 e. The topological polar surface area (TPSA) is 161 Å². The van der Waals surface area contributed by atoms with Gasteiger partial charge >= 0.3 is 0 Å². The summed E-state index contributed by atoms with van der Waals surface area (Å²) < 4.78 is 5.40. The Morgan fingerprint density at radius 2 is 1.94 bits per heavy atom. The molecule has 1 saturated heterocycles. The minimum Gasteiger partial charge on any atom is -0.379 e. The fourth-order valence-electron chi connectivity index (χ4n) is 3.45. The predicted molar refractivity (Wildman–Crippen MR) is 124 cm³/mol. The van der Waals surface area contributed by atoms with Crippen LogP contribution in [-0.2, 0) is 16.1 Å². The molecule has 1 aromatic carbocycles. The zero-order chi connectivity index (χ0) is 23.4. The van der Waals surface area contributed by atoms with E-state index >= 15 is 0 Å². The Hall–Kier alpha value is -3.83. The molecule has 1 atom stereocenters. The highest BCUT2D eigenvalue weighted by Gasteiger charge is 2.16.